The molecule has 2 aromatic carbocycles. The van der Waals surface area contributed by atoms with Crippen LogP contribution in [0.15, 0.2) is 77.2 Å². The van der Waals surface area contributed by atoms with E-state index in [1.165, 1.54) is 23.5 Å². The smallest absolute Gasteiger partial charge is 0.416 e. The molecule has 6 rings (SSSR count). The lowest BCUT2D eigenvalue weighted by atomic mass is 10.1. The van der Waals surface area contributed by atoms with Gasteiger partial charge in [-0.05, 0) is 53.6 Å². The van der Waals surface area contributed by atoms with E-state index in [0.717, 1.165) is 56.5 Å². The van der Waals surface area contributed by atoms with Crippen LogP contribution in [0.4, 0.5) is 22.8 Å². The number of thioether (sulfide) groups is 2. The molecule has 0 aliphatic carbocycles. The number of alkyl halides is 3. The first-order valence-corrected chi connectivity index (χ1v) is 15.6. The molecule has 0 radical (unpaired) electrons. The zero-order valence-corrected chi connectivity index (χ0v) is 25.0. The van der Waals surface area contributed by atoms with E-state index in [1.54, 1.807) is 6.07 Å². The van der Waals surface area contributed by atoms with E-state index in [4.69, 9.17) is 9.52 Å². The SMILES string of the molecule is O=C1NC(=O)C(Cc2ccc(-c3ccc(C(F)(F)F)cc3)s2)S1.O=C1NC(=O)C(Cc2ccc(-c3cccc(CO)c3)o2)S1. The summed E-state index contributed by atoms with van der Waals surface area (Å²) in [4.78, 5) is 47.1. The first-order chi connectivity index (χ1) is 21.0. The van der Waals surface area contributed by atoms with Crippen molar-refractivity contribution in [2.75, 3.05) is 0 Å². The summed E-state index contributed by atoms with van der Waals surface area (Å²) < 4.78 is 43.4. The maximum absolute atomic E-state index is 12.6. The number of carbonyl (C=O) groups excluding carboxylic acids is 4. The van der Waals surface area contributed by atoms with Gasteiger partial charge in [0.1, 0.15) is 16.8 Å². The van der Waals surface area contributed by atoms with Gasteiger partial charge in [-0.25, -0.2) is 0 Å². The van der Waals surface area contributed by atoms with Crippen molar-refractivity contribution in [1.82, 2.24) is 10.6 Å². The fourth-order valence-corrected chi connectivity index (χ4v) is 7.20. The van der Waals surface area contributed by atoms with Crippen molar-refractivity contribution >= 4 is 57.2 Å². The second-order valence-corrected chi connectivity index (χ2v) is 13.2. The average molecular weight is 661 g/mol. The van der Waals surface area contributed by atoms with Gasteiger partial charge in [0.2, 0.25) is 11.8 Å². The second-order valence-electron chi connectivity index (χ2n) is 9.64. The van der Waals surface area contributed by atoms with Crippen LogP contribution >= 0.6 is 34.9 Å². The first kappa shape index (κ1) is 31.6. The Hall–Kier alpha value is -3.85. The quantitative estimate of drug-likeness (QED) is 0.201. The fourth-order valence-electron chi connectivity index (χ4n) is 4.35. The Morgan fingerprint density at radius 2 is 1.43 bits per heavy atom. The van der Waals surface area contributed by atoms with Crippen molar-refractivity contribution in [2.24, 2.45) is 0 Å². The van der Waals surface area contributed by atoms with E-state index in [9.17, 15) is 32.3 Å². The Bertz CT molecular complexity index is 1700. The monoisotopic (exact) mass is 660 g/mol. The number of hydrogen-bond donors (Lipinski definition) is 3. The summed E-state index contributed by atoms with van der Waals surface area (Å²) in [5.74, 6) is 0.756. The highest BCUT2D eigenvalue weighted by molar-refractivity contribution is 8.15. The van der Waals surface area contributed by atoms with E-state index in [1.807, 2.05) is 42.5 Å². The van der Waals surface area contributed by atoms with Crippen molar-refractivity contribution in [3.8, 4) is 21.8 Å². The molecule has 2 unspecified atom stereocenters. The predicted molar refractivity (Wildman–Crippen MR) is 162 cm³/mol. The van der Waals surface area contributed by atoms with Crippen molar-refractivity contribution in [2.45, 2.75) is 36.1 Å². The number of thiophene rings is 1. The van der Waals surface area contributed by atoms with E-state index in [0.29, 0.717) is 29.9 Å². The maximum Gasteiger partial charge on any atom is 0.416 e. The van der Waals surface area contributed by atoms with E-state index < -0.39 is 22.2 Å². The van der Waals surface area contributed by atoms with Gasteiger partial charge in [0.15, 0.2) is 0 Å². The van der Waals surface area contributed by atoms with Crippen molar-refractivity contribution < 1.29 is 41.9 Å². The maximum atomic E-state index is 12.6. The highest BCUT2D eigenvalue weighted by Gasteiger charge is 2.33. The Kier molecular flexibility index (Phi) is 9.63. The summed E-state index contributed by atoms with van der Waals surface area (Å²) in [5, 5.41) is 12.1. The Morgan fingerprint density at radius 1 is 0.773 bits per heavy atom. The van der Waals surface area contributed by atoms with Gasteiger partial charge < -0.3 is 9.52 Å². The second kappa shape index (κ2) is 13.4. The number of aliphatic hydroxyl groups is 1. The highest BCUT2D eigenvalue weighted by atomic mass is 32.2. The number of rotatable bonds is 7. The Labute approximate surface area is 261 Å². The Morgan fingerprint density at radius 3 is 2.02 bits per heavy atom. The molecule has 14 heteroatoms. The number of halogens is 3. The van der Waals surface area contributed by atoms with Crippen LogP contribution in [0.5, 0.6) is 0 Å². The van der Waals surface area contributed by atoms with Crippen LogP contribution in [0.25, 0.3) is 21.8 Å². The molecular formula is C30H23F3N2O6S3. The summed E-state index contributed by atoms with van der Waals surface area (Å²) in [6, 6.07) is 19.6. The third-order valence-corrected chi connectivity index (χ3v) is 9.64. The molecule has 2 atom stereocenters. The minimum Gasteiger partial charge on any atom is -0.461 e. The number of benzene rings is 2. The normalized spacial score (nSPS) is 18.2. The summed E-state index contributed by atoms with van der Waals surface area (Å²) in [6.45, 7) is -0.0254. The van der Waals surface area contributed by atoms with Crippen LogP contribution in [0.2, 0.25) is 0 Å². The third-order valence-electron chi connectivity index (χ3n) is 6.52. The number of aliphatic hydroxyl groups excluding tert-OH is 1. The number of carbonyl (C=O) groups is 4. The summed E-state index contributed by atoms with van der Waals surface area (Å²) in [6.07, 6.45) is -3.55. The zero-order chi connectivity index (χ0) is 31.4. The molecule has 228 valence electrons. The van der Waals surface area contributed by atoms with E-state index >= 15 is 0 Å². The molecule has 2 aliphatic rings. The van der Waals surface area contributed by atoms with Crippen LogP contribution in [-0.4, -0.2) is 37.9 Å². The molecular weight excluding hydrogens is 638 g/mol. The molecule has 4 heterocycles. The predicted octanol–water partition coefficient (Wildman–Crippen LogP) is 6.66. The average Bonchev–Trinajstić information content (AvgIpc) is 3.78. The summed E-state index contributed by atoms with van der Waals surface area (Å²) >= 11 is 3.35. The number of hydrogen-bond acceptors (Lipinski definition) is 9. The van der Waals surface area contributed by atoms with Crippen LogP contribution in [0.1, 0.15) is 21.8 Å². The number of imide groups is 2. The van der Waals surface area contributed by atoms with E-state index in [-0.39, 0.29) is 28.9 Å². The molecule has 2 saturated heterocycles. The molecule has 2 aliphatic heterocycles. The molecule has 4 amide bonds. The zero-order valence-electron chi connectivity index (χ0n) is 22.6. The van der Waals surface area contributed by atoms with Crippen LogP contribution in [-0.2, 0) is 35.2 Å². The molecule has 3 N–H and O–H groups in total. The van der Waals surface area contributed by atoms with Crippen LogP contribution < -0.4 is 10.6 Å². The molecule has 2 aromatic heterocycles. The molecule has 0 bridgehead atoms. The van der Waals surface area contributed by atoms with Gasteiger partial charge in [-0.3, -0.25) is 29.8 Å². The first-order valence-electron chi connectivity index (χ1n) is 13.1. The molecule has 0 saturated carbocycles. The van der Waals surface area contributed by atoms with Gasteiger partial charge in [0.25, 0.3) is 10.5 Å². The summed E-state index contributed by atoms with van der Waals surface area (Å²) in [5.41, 5.74) is 1.68. The number of nitrogens with one attached hydrogen (secondary N) is 2. The van der Waals surface area contributed by atoms with Gasteiger partial charge in [0, 0.05) is 28.2 Å². The third kappa shape index (κ3) is 7.80. The van der Waals surface area contributed by atoms with Crippen molar-refractivity contribution in [3.63, 3.8) is 0 Å². The molecule has 2 fully saturated rings. The van der Waals surface area contributed by atoms with Crippen molar-refractivity contribution in [3.05, 3.63) is 94.6 Å². The standard InChI is InChI=1S/C15H10F3NO2S2.C15H13NO4S/c16-15(17,18)9-3-1-8(2-4-9)11-6-5-10(22-11)7-12-13(20)19-14(21)23-12;17-8-9-2-1-3-10(6-9)12-5-4-11(20-12)7-13-14(18)16-15(19)21-13/h1-6,12H,7H2,(H,19,20,21);1-6,13,17H,7-8H2,(H,16,18,19). The highest BCUT2D eigenvalue weighted by Crippen LogP contribution is 2.35. The lowest BCUT2D eigenvalue weighted by molar-refractivity contribution is -0.137. The topological polar surface area (TPSA) is 126 Å². The lowest BCUT2D eigenvalue weighted by Gasteiger charge is -2.06. The minimum absolute atomic E-state index is 0.0254. The van der Waals surface area contributed by atoms with Gasteiger partial charge in [-0.15, -0.1) is 11.3 Å². The molecule has 4 aromatic rings. The van der Waals surface area contributed by atoms with Gasteiger partial charge in [0.05, 0.1) is 17.4 Å². The number of furan rings is 1. The fraction of sp³-hybridized carbons (Fsp3) is 0.200. The lowest BCUT2D eigenvalue weighted by Crippen LogP contribution is -2.25. The summed E-state index contributed by atoms with van der Waals surface area (Å²) in [7, 11) is 0. The van der Waals surface area contributed by atoms with Crippen LogP contribution in [0, 0.1) is 0 Å². The number of amides is 4. The van der Waals surface area contributed by atoms with Crippen LogP contribution in [0.3, 0.4) is 0 Å². The molecule has 0 spiro atoms. The van der Waals surface area contributed by atoms with Gasteiger partial charge >= 0.3 is 6.18 Å². The molecule has 44 heavy (non-hydrogen) atoms. The molecule has 8 nitrogen and oxygen atoms in total. The van der Waals surface area contributed by atoms with E-state index in [2.05, 4.69) is 10.6 Å². The minimum atomic E-state index is -4.35. The Balaban J connectivity index is 0.000000175. The van der Waals surface area contributed by atoms with Gasteiger partial charge in [-0.2, -0.15) is 13.2 Å². The largest absolute Gasteiger partial charge is 0.461 e. The van der Waals surface area contributed by atoms with Gasteiger partial charge in [-0.1, -0.05) is 53.9 Å². The van der Waals surface area contributed by atoms with Crippen molar-refractivity contribution in [1.29, 1.82) is 0 Å².